The minimum Gasteiger partial charge on any atom is -0.320 e. The summed E-state index contributed by atoms with van der Waals surface area (Å²) in [5.41, 5.74) is 1.85. The topological polar surface area (TPSA) is 85.1 Å². The Morgan fingerprint density at radius 3 is 2.53 bits per heavy atom. The van der Waals surface area contributed by atoms with Crippen molar-refractivity contribution >= 4 is 55.9 Å². The van der Waals surface area contributed by atoms with Gasteiger partial charge in [0, 0.05) is 38.0 Å². The zero-order chi connectivity index (χ0) is 21.1. The van der Waals surface area contributed by atoms with Crippen molar-refractivity contribution in [2.45, 2.75) is 9.79 Å². The third-order valence-corrected chi connectivity index (χ3v) is 6.15. The van der Waals surface area contributed by atoms with Crippen LogP contribution in [-0.4, -0.2) is 15.8 Å². The van der Waals surface area contributed by atoms with Gasteiger partial charge in [0.1, 0.15) is 0 Å². The first-order chi connectivity index (χ1) is 14.5. The predicted molar refractivity (Wildman–Crippen MR) is 121 cm³/mol. The minimum atomic E-state index is -0.438. The zero-order valence-corrected chi connectivity index (χ0v) is 17.8. The number of hydrogen-bond donors (Lipinski definition) is 1. The molecule has 1 aromatic heterocycles. The summed E-state index contributed by atoms with van der Waals surface area (Å²) in [5.74, 6) is -0.255. The highest BCUT2D eigenvalue weighted by atomic mass is 79.9. The third kappa shape index (κ3) is 4.19. The molecule has 0 aliphatic rings. The number of anilines is 1. The number of aromatic nitrogens is 1. The minimum absolute atomic E-state index is 0.0278. The number of rotatable bonds is 5. The summed E-state index contributed by atoms with van der Waals surface area (Å²) >= 11 is 4.88. The molecule has 0 radical (unpaired) electrons. The van der Waals surface area contributed by atoms with Gasteiger partial charge < -0.3 is 5.32 Å². The van der Waals surface area contributed by atoms with Crippen LogP contribution in [0.1, 0.15) is 10.4 Å². The van der Waals surface area contributed by atoms with Gasteiger partial charge in [-0.15, -0.1) is 0 Å². The maximum absolute atomic E-state index is 13.0. The first-order valence-corrected chi connectivity index (χ1v) is 10.5. The summed E-state index contributed by atoms with van der Waals surface area (Å²) in [5, 5.41) is 14.7. The van der Waals surface area contributed by atoms with Crippen molar-refractivity contribution in [1.82, 2.24) is 4.98 Å². The van der Waals surface area contributed by atoms with Gasteiger partial charge in [-0.2, -0.15) is 0 Å². The lowest BCUT2D eigenvalue weighted by Gasteiger charge is -2.12. The smallest absolute Gasteiger partial charge is 0.269 e. The van der Waals surface area contributed by atoms with Crippen molar-refractivity contribution < 1.29 is 9.72 Å². The Morgan fingerprint density at radius 1 is 1.00 bits per heavy atom. The predicted octanol–water partition coefficient (Wildman–Crippen LogP) is 6.31. The van der Waals surface area contributed by atoms with Gasteiger partial charge in [-0.25, -0.2) is 0 Å². The molecule has 1 N–H and O–H groups in total. The quantitative estimate of drug-likeness (QED) is 0.267. The molecule has 4 rings (SSSR count). The fourth-order valence-electron chi connectivity index (χ4n) is 2.93. The second kappa shape index (κ2) is 8.64. The van der Waals surface area contributed by atoms with E-state index >= 15 is 0 Å². The maximum Gasteiger partial charge on any atom is 0.269 e. The summed E-state index contributed by atoms with van der Waals surface area (Å²) in [6, 6.07) is 20.9. The van der Waals surface area contributed by atoms with Crippen LogP contribution < -0.4 is 5.32 Å². The third-order valence-electron chi connectivity index (χ3n) is 4.37. The number of halogens is 1. The fraction of sp³-hybridized carbons (Fsp3) is 0. The van der Waals surface area contributed by atoms with E-state index in [9.17, 15) is 14.9 Å². The average molecular weight is 480 g/mol. The first-order valence-electron chi connectivity index (χ1n) is 8.89. The fourth-order valence-corrected chi connectivity index (χ4v) is 4.33. The highest BCUT2D eigenvalue weighted by Gasteiger charge is 2.15. The number of nitro benzene ring substituents is 1. The van der Waals surface area contributed by atoms with Crippen LogP contribution in [0.5, 0.6) is 0 Å². The van der Waals surface area contributed by atoms with Crippen LogP contribution in [0.25, 0.3) is 10.9 Å². The van der Waals surface area contributed by atoms with E-state index in [2.05, 4.69) is 26.2 Å². The van der Waals surface area contributed by atoms with E-state index in [1.165, 1.54) is 23.9 Å². The Morgan fingerprint density at radius 2 is 1.77 bits per heavy atom. The van der Waals surface area contributed by atoms with Crippen LogP contribution in [0.3, 0.4) is 0 Å². The number of carbonyl (C=O) groups is 1. The highest BCUT2D eigenvalue weighted by Crippen LogP contribution is 2.33. The van der Waals surface area contributed by atoms with Crippen LogP contribution in [-0.2, 0) is 0 Å². The molecule has 1 amide bonds. The lowest BCUT2D eigenvalue weighted by atomic mass is 10.1. The number of benzene rings is 3. The molecule has 148 valence electrons. The number of fused-ring (bicyclic) bond motifs is 1. The van der Waals surface area contributed by atoms with Gasteiger partial charge in [0.2, 0.25) is 0 Å². The normalized spacial score (nSPS) is 10.7. The lowest BCUT2D eigenvalue weighted by Crippen LogP contribution is -2.13. The summed E-state index contributed by atoms with van der Waals surface area (Å²) < 4.78 is 0.901. The summed E-state index contributed by atoms with van der Waals surface area (Å²) in [7, 11) is 0. The molecule has 0 aliphatic carbocycles. The number of nitrogens with one attached hydrogen (secondary N) is 1. The molecule has 0 spiro atoms. The molecule has 1 heterocycles. The van der Waals surface area contributed by atoms with Gasteiger partial charge in [0.25, 0.3) is 11.6 Å². The average Bonchev–Trinajstić information content (AvgIpc) is 2.76. The second-order valence-electron chi connectivity index (χ2n) is 6.30. The molecule has 0 saturated heterocycles. The van der Waals surface area contributed by atoms with Crippen LogP contribution in [0.2, 0.25) is 0 Å². The number of hydrogen-bond acceptors (Lipinski definition) is 5. The van der Waals surface area contributed by atoms with Gasteiger partial charge in [-0.1, -0.05) is 45.9 Å². The van der Waals surface area contributed by atoms with E-state index < -0.39 is 4.92 Å². The molecule has 8 heteroatoms. The number of non-ortho nitro benzene ring substituents is 1. The van der Waals surface area contributed by atoms with Crippen LogP contribution in [0.15, 0.2) is 93.3 Å². The standard InChI is InChI=1S/C22H14BrN3O3S/c23-18-11-12-19(21-16(18)5-3-13-24-21)25-22(27)17-4-1-2-6-20(17)30-15-9-7-14(8-10-15)26(28)29/h1-13H,(H,25,27). The Labute approximate surface area is 184 Å². The Balaban J connectivity index is 1.62. The van der Waals surface area contributed by atoms with Crippen molar-refractivity contribution in [2.24, 2.45) is 0 Å². The zero-order valence-electron chi connectivity index (χ0n) is 15.4. The van der Waals surface area contributed by atoms with Crippen LogP contribution in [0, 0.1) is 10.1 Å². The Kier molecular flexibility index (Phi) is 5.78. The molecule has 0 saturated carbocycles. The van der Waals surface area contributed by atoms with Gasteiger partial charge >= 0.3 is 0 Å². The van der Waals surface area contributed by atoms with Crippen LogP contribution in [0.4, 0.5) is 11.4 Å². The Bertz CT molecular complexity index is 1260. The molecule has 3 aromatic carbocycles. The Hall–Kier alpha value is -3.23. The second-order valence-corrected chi connectivity index (χ2v) is 8.27. The van der Waals surface area contributed by atoms with E-state index in [-0.39, 0.29) is 11.6 Å². The molecule has 30 heavy (non-hydrogen) atoms. The van der Waals surface area contributed by atoms with Gasteiger partial charge in [0.15, 0.2) is 0 Å². The van der Waals surface area contributed by atoms with Gasteiger partial charge in [-0.3, -0.25) is 19.9 Å². The number of pyridine rings is 1. The molecule has 0 atom stereocenters. The molecule has 0 unspecified atom stereocenters. The summed E-state index contributed by atoms with van der Waals surface area (Å²) in [4.78, 5) is 29.4. The first kappa shape index (κ1) is 20.1. The van der Waals surface area contributed by atoms with E-state index in [1.807, 2.05) is 36.4 Å². The molecular weight excluding hydrogens is 466 g/mol. The van der Waals surface area contributed by atoms with Gasteiger partial charge in [0.05, 0.1) is 21.7 Å². The molecule has 6 nitrogen and oxygen atoms in total. The number of amides is 1. The number of nitro groups is 1. The molecule has 4 aromatic rings. The largest absolute Gasteiger partial charge is 0.320 e. The number of carbonyl (C=O) groups excluding carboxylic acids is 1. The summed E-state index contributed by atoms with van der Waals surface area (Å²) in [6.45, 7) is 0. The molecular formula is C22H14BrN3O3S. The lowest BCUT2D eigenvalue weighted by molar-refractivity contribution is -0.384. The van der Waals surface area contributed by atoms with Crippen LogP contribution >= 0.6 is 27.7 Å². The van der Waals surface area contributed by atoms with Crippen molar-refractivity contribution in [1.29, 1.82) is 0 Å². The molecule has 0 fully saturated rings. The maximum atomic E-state index is 13.0. The van der Waals surface area contributed by atoms with E-state index in [4.69, 9.17) is 0 Å². The van der Waals surface area contributed by atoms with Crippen molar-refractivity contribution in [3.8, 4) is 0 Å². The monoisotopic (exact) mass is 479 g/mol. The van der Waals surface area contributed by atoms with Gasteiger partial charge in [-0.05, 0) is 42.5 Å². The SMILES string of the molecule is O=C(Nc1ccc(Br)c2cccnc12)c1ccccc1Sc1ccc([N+](=O)[O-])cc1. The number of nitrogens with zero attached hydrogens (tertiary/aromatic N) is 2. The van der Waals surface area contributed by atoms with Crippen molar-refractivity contribution in [2.75, 3.05) is 5.32 Å². The molecule has 0 bridgehead atoms. The van der Waals surface area contributed by atoms with E-state index in [0.29, 0.717) is 16.8 Å². The molecule has 0 aliphatic heterocycles. The van der Waals surface area contributed by atoms with E-state index in [1.54, 1.807) is 30.5 Å². The highest BCUT2D eigenvalue weighted by molar-refractivity contribution is 9.10. The summed E-state index contributed by atoms with van der Waals surface area (Å²) in [6.07, 6.45) is 1.68. The van der Waals surface area contributed by atoms with Crippen molar-refractivity contribution in [3.63, 3.8) is 0 Å². The van der Waals surface area contributed by atoms with E-state index in [0.717, 1.165) is 19.6 Å². The van der Waals surface area contributed by atoms with Crippen molar-refractivity contribution in [3.05, 3.63) is 99.1 Å².